The van der Waals surface area contributed by atoms with Crippen LogP contribution in [-0.2, 0) is 4.74 Å². The van der Waals surface area contributed by atoms with Gasteiger partial charge in [0.1, 0.15) is 6.71 Å². The number of carbonyl (C=O) groups excluding carboxylic acids is 1. The summed E-state index contributed by atoms with van der Waals surface area (Å²) in [6.07, 6.45) is 12.8. The lowest BCUT2D eigenvalue weighted by Crippen LogP contribution is -2.58. The van der Waals surface area contributed by atoms with Crippen molar-refractivity contribution in [2.45, 2.75) is 89.1 Å². The van der Waals surface area contributed by atoms with E-state index in [0.717, 1.165) is 48.3 Å². The van der Waals surface area contributed by atoms with Crippen molar-refractivity contribution in [2.24, 2.45) is 23.2 Å². The molecule has 5 fully saturated rings. The maximum absolute atomic E-state index is 12.4. The van der Waals surface area contributed by atoms with Gasteiger partial charge in [-0.3, -0.25) is 0 Å². The van der Waals surface area contributed by atoms with Crippen molar-refractivity contribution in [2.75, 3.05) is 6.61 Å². The van der Waals surface area contributed by atoms with Crippen molar-refractivity contribution in [3.05, 3.63) is 35.9 Å². The van der Waals surface area contributed by atoms with Crippen LogP contribution in [0.4, 0.5) is 0 Å². The van der Waals surface area contributed by atoms with Crippen LogP contribution in [0, 0.1) is 23.2 Å². The lowest BCUT2D eigenvalue weighted by Gasteiger charge is -2.65. The third-order valence-corrected chi connectivity index (χ3v) is 9.75. The Morgan fingerprint density at radius 1 is 1.03 bits per heavy atom. The Balaban J connectivity index is 1.29. The second-order valence-corrected chi connectivity index (χ2v) is 11.2. The maximum Gasteiger partial charge on any atom is 0.338 e. The Kier molecular flexibility index (Phi) is 5.29. The van der Waals surface area contributed by atoms with Gasteiger partial charge in [0.05, 0.1) is 12.2 Å². The van der Waals surface area contributed by atoms with Crippen molar-refractivity contribution < 1.29 is 9.53 Å². The number of carbonyl (C=O) groups is 1. The molecule has 156 valence electrons. The highest BCUT2D eigenvalue weighted by Gasteiger charge is 2.60. The van der Waals surface area contributed by atoms with Gasteiger partial charge in [-0.25, -0.2) is 4.79 Å². The molecule has 0 aromatic heterocycles. The first-order chi connectivity index (χ1) is 14.1. The number of ether oxygens (including phenoxy) is 1. The average Bonchev–Trinajstić information content (AvgIpc) is 2.73. The number of benzene rings is 1. The van der Waals surface area contributed by atoms with E-state index in [1.54, 1.807) is 0 Å². The maximum atomic E-state index is 12.4. The average molecular weight is 392 g/mol. The first-order valence-corrected chi connectivity index (χ1v) is 12.3. The fourth-order valence-corrected chi connectivity index (χ4v) is 8.21. The van der Waals surface area contributed by atoms with Gasteiger partial charge >= 0.3 is 5.97 Å². The molecule has 4 atom stereocenters. The van der Waals surface area contributed by atoms with E-state index in [9.17, 15) is 4.79 Å². The number of hydrogen-bond donors (Lipinski definition) is 0. The first kappa shape index (κ1) is 19.7. The molecule has 2 aliphatic heterocycles. The summed E-state index contributed by atoms with van der Waals surface area (Å²) < 4.78 is 5.76. The van der Waals surface area contributed by atoms with Crippen LogP contribution < -0.4 is 0 Å². The minimum absolute atomic E-state index is 0.154. The third-order valence-electron chi connectivity index (χ3n) is 9.75. The van der Waals surface area contributed by atoms with Gasteiger partial charge in [-0.2, -0.15) is 0 Å². The zero-order chi connectivity index (χ0) is 20.0. The first-order valence-electron chi connectivity index (χ1n) is 12.3. The summed E-state index contributed by atoms with van der Waals surface area (Å²) in [4.78, 5) is 12.4. The molecule has 3 heteroatoms. The third kappa shape index (κ3) is 3.47. The van der Waals surface area contributed by atoms with E-state index in [1.807, 2.05) is 30.3 Å². The van der Waals surface area contributed by atoms with Crippen molar-refractivity contribution in [1.82, 2.24) is 0 Å². The molecule has 3 saturated carbocycles. The molecule has 2 nitrogen and oxygen atoms in total. The standard InChI is InChI=1S/C26H37BO2/c1-26(2)19-16-23(26)22(14-15-29-25(28)18-8-4-3-5-9-18)24(17-19)27-20-10-6-11-21(27)13-7-12-20/h3-5,8-9,19-24H,6-7,10-17H2,1-2H3/t19-,20?,21?,22+,23+,24+/m1/s1. The lowest BCUT2D eigenvalue weighted by atomic mass is 9.18. The molecule has 29 heavy (non-hydrogen) atoms. The molecule has 2 saturated heterocycles. The minimum atomic E-state index is -0.154. The second-order valence-electron chi connectivity index (χ2n) is 11.2. The highest BCUT2D eigenvalue weighted by Crippen LogP contribution is 2.68. The largest absolute Gasteiger partial charge is 0.462 e. The zero-order valence-electron chi connectivity index (χ0n) is 18.3. The molecule has 4 bridgehead atoms. The summed E-state index contributed by atoms with van der Waals surface area (Å²) in [5, 5.41) is 0. The van der Waals surface area contributed by atoms with E-state index in [1.165, 1.54) is 51.4 Å². The highest BCUT2D eigenvalue weighted by molar-refractivity contribution is 6.64. The minimum Gasteiger partial charge on any atom is -0.462 e. The summed E-state index contributed by atoms with van der Waals surface area (Å²) in [6.45, 7) is 6.57. The van der Waals surface area contributed by atoms with E-state index in [0.29, 0.717) is 17.6 Å². The molecule has 1 aromatic rings. The summed E-state index contributed by atoms with van der Waals surface area (Å²) in [5.74, 6) is 5.23. The van der Waals surface area contributed by atoms with E-state index in [2.05, 4.69) is 13.8 Å². The number of hydrogen-bond acceptors (Lipinski definition) is 2. The van der Waals surface area contributed by atoms with Gasteiger partial charge in [0.15, 0.2) is 0 Å². The quantitative estimate of drug-likeness (QED) is 0.403. The van der Waals surface area contributed by atoms with Gasteiger partial charge in [0.2, 0.25) is 0 Å². The van der Waals surface area contributed by atoms with Crippen LogP contribution in [0.2, 0.25) is 17.5 Å². The highest BCUT2D eigenvalue weighted by atomic mass is 16.5. The summed E-state index contributed by atoms with van der Waals surface area (Å²) in [7, 11) is 0. The van der Waals surface area contributed by atoms with Crippen molar-refractivity contribution in [1.29, 1.82) is 0 Å². The normalized spacial score (nSPS) is 37.5. The molecule has 0 N–H and O–H groups in total. The molecule has 5 aliphatic rings. The van der Waals surface area contributed by atoms with Gasteiger partial charge in [0.25, 0.3) is 0 Å². The Bertz CT molecular complexity index is 707. The van der Waals surface area contributed by atoms with E-state index in [-0.39, 0.29) is 5.97 Å². The Hall–Kier alpha value is -1.25. The van der Waals surface area contributed by atoms with E-state index >= 15 is 0 Å². The van der Waals surface area contributed by atoms with Crippen molar-refractivity contribution in [3.63, 3.8) is 0 Å². The van der Waals surface area contributed by atoms with Crippen molar-refractivity contribution >= 4 is 12.7 Å². The zero-order valence-corrected chi connectivity index (χ0v) is 18.3. The van der Waals surface area contributed by atoms with Crippen LogP contribution in [0.15, 0.2) is 30.3 Å². The van der Waals surface area contributed by atoms with Gasteiger partial charge in [0, 0.05) is 0 Å². The Labute approximate surface area is 177 Å². The van der Waals surface area contributed by atoms with Gasteiger partial charge in [-0.05, 0) is 48.1 Å². The summed E-state index contributed by atoms with van der Waals surface area (Å²) in [5.41, 5.74) is 1.17. The summed E-state index contributed by atoms with van der Waals surface area (Å²) >= 11 is 0. The monoisotopic (exact) mass is 392 g/mol. The van der Waals surface area contributed by atoms with E-state index in [4.69, 9.17) is 4.74 Å². The van der Waals surface area contributed by atoms with Gasteiger partial charge in [-0.1, -0.05) is 94.4 Å². The molecular formula is C26H37BO2. The van der Waals surface area contributed by atoms with Crippen molar-refractivity contribution in [3.8, 4) is 0 Å². The fourth-order valence-electron chi connectivity index (χ4n) is 8.21. The second kappa shape index (κ2) is 7.78. The molecule has 0 radical (unpaired) electrons. The number of fused-ring (bicyclic) bond motifs is 5. The Morgan fingerprint density at radius 3 is 2.31 bits per heavy atom. The van der Waals surface area contributed by atoms with Gasteiger partial charge in [-0.15, -0.1) is 0 Å². The van der Waals surface area contributed by atoms with Crippen LogP contribution in [0.5, 0.6) is 0 Å². The predicted octanol–water partition coefficient (Wildman–Crippen LogP) is 6.89. The van der Waals surface area contributed by atoms with Crippen LogP contribution >= 0.6 is 0 Å². The summed E-state index contributed by atoms with van der Waals surface area (Å²) in [6, 6.07) is 9.47. The molecule has 0 spiro atoms. The molecular weight excluding hydrogens is 355 g/mol. The smallest absolute Gasteiger partial charge is 0.338 e. The molecule has 0 unspecified atom stereocenters. The fraction of sp³-hybridized carbons (Fsp3) is 0.731. The van der Waals surface area contributed by atoms with Crippen LogP contribution in [0.25, 0.3) is 0 Å². The molecule has 6 rings (SSSR count). The number of rotatable bonds is 5. The Morgan fingerprint density at radius 2 is 1.69 bits per heavy atom. The molecule has 2 heterocycles. The van der Waals surface area contributed by atoms with Crippen LogP contribution in [-0.4, -0.2) is 19.3 Å². The number of esters is 1. The lowest BCUT2D eigenvalue weighted by molar-refractivity contribution is -0.110. The van der Waals surface area contributed by atoms with Crippen LogP contribution in [0.3, 0.4) is 0 Å². The van der Waals surface area contributed by atoms with Gasteiger partial charge < -0.3 is 4.74 Å². The molecule has 0 amide bonds. The topological polar surface area (TPSA) is 26.3 Å². The predicted molar refractivity (Wildman–Crippen MR) is 120 cm³/mol. The SMILES string of the molecule is CC1(C)[C@H]2C[C@H](B3C4CCCC3CCC4)[C@@H](CCOC(=O)c3ccccc3)[C@@H]1C2. The molecule has 3 aliphatic carbocycles. The van der Waals surface area contributed by atoms with E-state index < -0.39 is 0 Å². The molecule has 1 aromatic carbocycles. The van der Waals surface area contributed by atoms with Crippen LogP contribution in [0.1, 0.15) is 82.0 Å².